The van der Waals surface area contributed by atoms with Gasteiger partial charge in [-0.25, -0.2) is 0 Å². The normalized spacial score (nSPS) is 9.89. The number of aliphatic hydroxyl groups is 1. The van der Waals surface area contributed by atoms with Crippen molar-refractivity contribution in [2.75, 3.05) is 19.8 Å². The summed E-state index contributed by atoms with van der Waals surface area (Å²) in [5, 5.41) is 12.0. The summed E-state index contributed by atoms with van der Waals surface area (Å²) in [7, 11) is 0. The van der Waals surface area contributed by atoms with Crippen molar-refractivity contribution in [3.05, 3.63) is 29.8 Å². The van der Waals surface area contributed by atoms with Gasteiger partial charge in [0.2, 0.25) is 0 Å². The molecule has 0 fully saturated rings. The molecule has 0 aliphatic heterocycles. The standard InChI is InChI=1S/C14H23NO2.ClH/c1-2-17-14-8-6-13(7-9-14)12-15-10-4-3-5-11-16;/h6-9,15-16H,2-5,10-12H2,1H3;1H. The molecule has 4 heteroatoms. The summed E-state index contributed by atoms with van der Waals surface area (Å²) in [6, 6.07) is 8.19. The minimum Gasteiger partial charge on any atom is -0.494 e. The highest BCUT2D eigenvalue weighted by atomic mass is 35.5. The average molecular weight is 274 g/mol. The number of hydrogen-bond donors (Lipinski definition) is 2. The number of benzene rings is 1. The van der Waals surface area contributed by atoms with E-state index in [1.54, 1.807) is 0 Å². The molecule has 1 rings (SSSR count). The molecule has 0 heterocycles. The van der Waals surface area contributed by atoms with Crippen molar-refractivity contribution in [3.8, 4) is 5.75 Å². The number of nitrogens with one attached hydrogen (secondary N) is 1. The lowest BCUT2D eigenvalue weighted by molar-refractivity contribution is 0.283. The zero-order valence-corrected chi connectivity index (χ0v) is 11.8. The van der Waals surface area contributed by atoms with Crippen LogP contribution in [-0.4, -0.2) is 24.9 Å². The summed E-state index contributed by atoms with van der Waals surface area (Å²) in [6.45, 7) is 4.90. The summed E-state index contributed by atoms with van der Waals surface area (Å²) < 4.78 is 5.39. The Balaban J connectivity index is 0.00000289. The number of unbranched alkanes of at least 4 members (excludes halogenated alkanes) is 2. The van der Waals surface area contributed by atoms with Gasteiger partial charge in [-0.2, -0.15) is 0 Å². The molecule has 1 aromatic carbocycles. The highest BCUT2D eigenvalue weighted by Crippen LogP contribution is 2.11. The second-order valence-electron chi connectivity index (χ2n) is 4.04. The Kier molecular flexibility index (Phi) is 10.8. The Morgan fingerprint density at radius 2 is 1.83 bits per heavy atom. The maximum Gasteiger partial charge on any atom is 0.119 e. The van der Waals surface area contributed by atoms with Crippen molar-refractivity contribution in [2.45, 2.75) is 32.7 Å². The molecule has 0 radical (unpaired) electrons. The van der Waals surface area contributed by atoms with E-state index < -0.39 is 0 Å². The Labute approximate surface area is 116 Å². The van der Waals surface area contributed by atoms with E-state index in [9.17, 15) is 0 Å². The Hall–Kier alpha value is -0.770. The van der Waals surface area contributed by atoms with Crippen LogP contribution < -0.4 is 10.1 Å². The summed E-state index contributed by atoms with van der Waals surface area (Å²) in [4.78, 5) is 0. The zero-order valence-electron chi connectivity index (χ0n) is 11.0. The number of aliphatic hydroxyl groups excluding tert-OH is 1. The summed E-state index contributed by atoms with van der Waals surface area (Å²) >= 11 is 0. The number of hydrogen-bond acceptors (Lipinski definition) is 3. The molecule has 18 heavy (non-hydrogen) atoms. The molecule has 0 unspecified atom stereocenters. The van der Waals surface area contributed by atoms with Crippen LogP contribution >= 0.6 is 12.4 Å². The van der Waals surface area contributed by atoms with Crippen LogP contribution in [0.3, 0.4) is 0 Å². The van der Waals surface area contributed by atoms with Crippen molar-refractivity contribution in [2.24, 2.45) is 0 Å². The first-order valence-electron chi connectivity index (χ1n) is 6.40. The first kappa shape index (κ1) is 17.2. The van der Waals surface area contributed by atoms with E-state index in [2.05, 4.69) is 17.4 Å². The van der Waals surface area contributed by atoms with Gasteiger partial charge in [0.05, 0.1) is 6.61 Å². The zero-order chi connectivity index (χ0) is 12.3. The highest BCUT2D eigenvalue weighted by molar-refractivity contribution is 5.85. The Morgan fingerprint density at radius 3 is 2.44 bits per heavy atom. The molecular formula is C14H24ClNO2. The van der Waals surface area contributed by atoms with Gasteiger partial charge < -0.3 is 15.2 Å². The average Bonchev–Trinajstić information content (AvgIpc) is 2.36. The second-order valence-corrected chi connectivity index (χ2v) is 4.04. The van der Waals surface area contributed by atoms with Crippen molar-refractivity contribution in [1.82, 2.24) is 5.32 Å². The van der Waals surface area contributed by atoms with Crippen molar-refractivity contribution in [1.29, 1.82) is 0 Å². The van der Waals surface area contributed by atoms with Gasteiger partial charge in [-0.3, -0.25) is 0 Å². The van der Waals surface area contributed by atoms with Crippen LogP contribution in [0.2, 0.25) is 0 Å². The third kappa shape index (κ3) is 7.54. The molecule has 0 aliphatic rings. The molecule has 0 aromatic heterocycles. The molecule has 0 atom stereocenters. The van der Waals surface area contributed by atoms with Crippen LogP contribution in [0.25, 0.3) is 0 Å². The lowest BCUT2D eigenvalue weighted by atomic mass is 10.2. The summed E-state index contributed by atoms with van der Waals surface area (Å²) in [6.07, 6.45) is 3.12. The van der Waals surface area contributed by atoms with Crippen LogP contribution in [0.15, 0.2) is 24.3 Å². The van der Waals surface area contributed by atoms with E-state index in [-0.39, 0.29) is 12.4 Å². The van der Waals surface area contributed by atoms with Gasteiger partial charge in [0.1, 0.15) is 5.75 Å². The van der Waals surface area contributed by atoms with Crippen molar-refractivity contribution < 1.29 is 9.84 Å². The van der Waals surface area contributed by atoms with Gasteiger partial charge >= 0.3 is 0 Å². The molecule has 0 aliphatic carbocycles. The molecular weight excluding hydrogens is 250 g/mol. The van der Waals surface area contributed by atoms with Gasteiger partial charge in [-0.1, -0.05) is 12.1 Å². The smallest absolute Gasteiger partial charge is 0.119 e. The quantitative estimate of drug-likeness (QED) is 0.680. The molecule has 0 saturated heterocycles. The minimum atomic E-state index is 0. The van der Waals surface area contributed by atoms with Crippen molar-refractivity contribution >= 4 is 12.4 Å². The van der Waals surface area contributed by atoms with Gasteiger partial charge in [0, 0.05) is 13.2 Å². The topological polar surface area (TPSA) is 41.5 Å². The van der Waals surface area contributed by atoms with Crippen LogP contribution in [0, 0.1) is 0 Å². The van der Waals surface area contributed by atoms with Crippen LogP contribution in [0.5, 0.6) is 5.75 Å². The number of halogens is 1. The molecule has 2 N–H and O–H groups in total. The fraction of sp³-hybridized carbons (Fsp3) is 0.571. The van der Waals surface area contributed by atoms with Gasteiger partial charge in [0.15, 0.2) is 0 Å². The maximum atomic E-state index is 8.64. The molecule has 0 bridgehead atoms. The van der Waals surface area contributed by atoms with E-state index in [1.807, 2.05) is 19.1 Å². The van der Waals surface area contributed by atoms with Crippen LogP contribution in [0.1, 0.15) is 31.7 Å². The third-order valence-electron chi connectivity index (χ3n) is 2.58. The van der Waals surface area contributed by atoms with Crippen LogP contribution in [-0.2, 0) is 6.54 Å². The monoisotopic (exact) mass is 273 g/mol. The Morgan fingerprint density at radius 1 is 1.11 bits per heavy atom. The fourth-order valence-corrected chi connectivity index (χ4v) is 1.64. The summed E-state index contributed by atoms with van der Waals surface area (Å²) in [5.41, 5.74) is 1.27. The van der Waals surface area contributed by atoms with E-state index in [1.165, 1.54) is 5.56 Å². The maximum absolute atomic E-state index is 8.64. The number of ether oxygens (including phenoxy) is 1. The lowest BCUT2D eigenvalue weighted by Crippen LogP contribution is -2.14. The molecule has 1 aromatic rings. The summed E-state index contributed by atoms with van der Waals surface area (Å²) in [5.74, 6) is 0.930. The Bertz CT molecular complexity index is 290. The van der Waals surface area contributed by atoms with E-state index in [0.717, 1.165) is 38.1 Å². The second kappa shape index (κ2) is 11.3. The van der Waals surface area contributed by atoms with E-state index in [4.69, 9.17) is 9.84 Å². The first-order chi connectivity index (χ1) is 8.36. The SMILES string of the molecule is CCOc1ccc(CNCCCCCO)cc1.Cl. The molecule has 3 nitrogen and oxygen atoms in total. The highest BCUT2D eigenvalue weighted by Gasteiger charge is 1.95. The van der Waals surface area contributed by atoms with E-state index in [0.29, 0.717) is 13.2 Å². The molecule has 0 saturated carbocycles. The van der Waals surface area contributed by atoms with Gasteiger partial charge in [-0.05, 0) is 50.4 Å². The molecule has 104 valence electrons. The van der Waals surface area contributed by atoms with Crippen molar-refractivity contribution in [3.63, 3.8) is 0 Å². The van der Waals surface area contributed by atoms with Gasteiger partial charge in [0.25, 0.3) is 0 Å². The molecule has 0 amide bonds. The van der Waals surface area contributed by atoms with E-state index >= 15 is 0 Å². The number of rotatable bonds is 9. The largest absolute Gasteiger partial charge is 0.494 e. The fourth-order valence-electron chi connectivity index (χ4n) is 1.64. The minimum absolute atomic E-state index is 0. The predicted octanol–water partition coefficient (Wildman–Crippen LogP) is 2.76. The molecule has 0 spiro atoms. The first-order valence-corrected chi connectivity index (χ1v) is 6.40. The van der Waals surface area contributed by atoms with Crippen LogP contribution in [0.4, 0.5) is 0 Å². The lowest BCUT2D eigenvalue weighted by Gasteiger charge is -2.06. The predicted molar refractivity (Wildman–Crippen MR) is 77.5 cm³/mol. The third-order valence-corrected chi connectivity index (χ3v) is 2.58. The van der Waals surface area contributed by atoms with Gasteiger partial charge in [-0.15, -0.1) is 12.4 Å².